The lowest BCUT2D eigenvalue weighted by atomic mass is 10.2. The molecule has 0 aromatic heterocycles. The summed E-state index contributed by atoms with van der Waals surface area (Å²) in [6, 6.07) is -2.59. The first-order chi connectivity index (χ1) is 7.47. The van der Waals surface area contributed by atoms with Gasteiger partial charge in [0.25, 0.3) is 12.1 Å². The normalized spacial score (nSPS) is 24.4. The molecule has 16 heavy (non-hydrogen) atoms. The van der Waals surface area contributed by atoms with E-state index in [9.17, 15) is 25.0 Å². The van der Waals surface area contributed by atoms with Crippen molar-refractivity contribution in [2.24, 2.45) is 0 Å². The van der Waals surface area contributed by atoms with Crippen LogP contribution in [0.3, 0.4) is 0 Å². The Morgan fingerprint density at radius 1 is 1.25 bits per heavy atom. The van der Waals surface area contributed by atoms with Crippen LogP contribution in [0.25, 0.3) is 0 Å². The van der Waals surface area contributed by atoms with Gasteiger partial charge in [-0.25, -0.2) is 0 Å². The Labute approximate surface area is 99.0 Å². The summed E-state index contributed by atoms with van der Waals surface area (Å²) in [4.78, 5) is 32.4. The predicted octanol–water partition coefficient (Wildman–Crippen LogP) is -0.0958. The van der Waals surface area contributed by atoms with E-state index in [2.05, 4.69) is 15.9 Å². The molecule has 2 atom stereocenters. The second-order valence-electron chi connectivity index (χ2n) is 3.44. The molecule has 0 radical (unpaired) electrons. The number of carbonyl (C=O) groups is 1. The summed E-state index contributed by atoms with van der Waals surface area (Å²) in [5.74, 6) is -0.298. The van der Waals surface area contributed by atoms with Gasteiger partial charge < -0.3 is 4.90 Å². The quantitative estimate of drug-likeness (QED) is 0.409. The van der Waals surface area contributed by atoms with Crippen LogP contribution >= 0.6 is 15.9 Å². The predicted molar refractivity (Wildman–Crippen MR) is 56.6 cm³/mol. The number of halogens is 1. The fourth-order valence-electron chi connectivity index (χ4n) is 1.63. The highest BCUT2D eigenvalue weighted by Gasteiger charge is 2.50. The number of hydrogen-bond donors (Lipinski definition) is 0. The molecule has 0 aromatic carbocycles. The highest BCUT2D eigenvalue weighted by molar-refractivity contribution is 9.09. The van der Waals surface area contributed by atoms with Crippen molar-refractivity contribution in [2.45, 2.75) is 18.5 Å². The van der Waals surface area contributed by atoms with Crippen LogP contribution in [0.1, 0.15) is 6.42 Å². The van der Waals surface area contributed by atoms with Crippen LogP contribution in [0, 0.1) is 20.2 Å². The molecule has 1 heterocycles. The molecule has 1 aliphatic heterocycles. The van der Waals surface area contributed by atoms with E-state index in [0.29, 0.717) is 5.33 Å². The van der Waals surface area contributed by atoms with Crippen molar-refractivity contribution in [1.29, 1.82) is 0 Å². The first-order valence-electron chi connectivity index (χ1n) is 4.58. The second-order valence-corrected chi connectivity index (χ2v) is 4.24. The average molecular weight is 296 g/mol. The fraction of sp³-hybridized carbons (Fsp3) is 0.857. The third-order valence-corrected chi connectivity index (χ3v) is 2.86. The monoisotopic (exact) mass is 295 g/mol. The first kappa shape index (κ1) is 12.8. The van der Waals surface area contributed by atoms with Crippen LogP contribution in [-0.4, -0.2) is 51.2 Å². The molecule has 90 valence electrons. The lowest BCUT2D eigenvalue weighted by Gasteiger charge is -2.12. The zero-order valence-corrected chi connectivity index (χ0v) is 9.83. The number of nitrogens with zero attached hydrogens (tertiary/aromatic N) is 3. The van der Waals surface area contributed by atoms with Crippen LogP contribution in [0.15, 0.2) is 0 Å². The molecule has 0 bridgehead atoms. The summed E-state index contributed by atoms with van der Waals surface area (Å²) in [5, 5.41) is 21.6. The van der Waals surface area contributed by atoms with Crippen molar-refractivity contribution >= 4 is 21.8 Å². The molecule has 0 saturated carbocycles. The third kappa shape index (κ3) is 2.65. The molecule has 0 spiro atoms. The minimum absolute atomic E-state index is 0.176. The van der Waals surface area contributed by atoms with Crippen LogP contribution in [-0.2, 0) is 4.79 Å². The van der Waals surface area contributed by atoms with Gasteiger partial charge in [-0.1, -0.05) is 15.9 Å². The minimum atomic E-state index is -1.30. The molecule has 1 rings (SSSR count). The van der Waals surface area contributed by atoms with Gasteiger partial charge in [0, 0.05) is 21.6 Å². The summed E-state index contributed by atoms with van der Waals surface area (Å²) in [6.45, 7) is -0.352. The third-order valence-electron chi connectivity index (χ3n) is 2.46. The first-order valence-corrected chi connectivity index (χ1v) is 5.70. The van der Waals surface area contributed by atoms with Gasteiger partial charge in [0.1, 0.15) is 0 Å². The number of rotatable bonds is 4. The zero-order valence-electron chi connectivity index (χ0n) is 8.24. The number of alkyl halides is 1. The lowest BCUT2D eigenvalue weighted by molar-refractivity contribution is -0.606. The van der Waals surface area contributed by atoms with Gasteiger partial charge in [0.2, 0.25) is 5.91 Å². The number of amides is 1. The summed E-state index contributed by atoms with van der Waals surface area (Å²) in [6.07, 6.45) is 0.189. The standard InChI is InChI=1S/C7H10BrN3O5/c8-2-1-7(12)9-3-5(10(13)14)6(4-9)11(15)16/h5-6H,1-4H2. The Bertz CT molecular complexity index is 301. The summed E-state index contributed by atoms with van der Waals surface area (Å²) in [5.41, 5.74) is 0. The SMILES string of the molecule is O=C(CCBr)N1CC([N+](=O)[O-])C([N+](=O)[O-])C1. The molecule has 1 amide bonds. The Balaban J connectivity index is 2.72. The Morgan fingerprint density at radius 3 is 2.00 bits per heavy atom. The van der Waals surface area contributed by atoms with Crippen LogP contribution in [0.4, 0.5) is 0 Å². The van der Waals surface area contributed by atoms with Crippen molar-refractivity contribution in [1.82, 2.24) is 4.90 Å². The van der Waals surface area contributed by atoms with Gasteiger partial charge in [0.05, 0.1) is 13.1 Å². The molecule has 0 aromatic rings. The summed E-state index contributed by atoms with van der Waals surface area (Å²) in [7, 11) is 0. The molecule has 1 saturated heterocycles. The molecule has 1 aliphatic rings. The second kappa shape index (κ2) is 5.19. The number of hydrogen-bond acceptors (Lipinski definition) is 5. The van der Waals surface area contributed by atoms with Gasteiger partial charge in [-0.2, -0.15) is 0 Å². The van der Waals surface area contributed by atoms with Crippen molar-refractivity contribution in [3.05, 3.63) is 20.2 Å². The van der Waals surface area contributed by atoms with Crippen molar-refractivity contribution in [3.63, 3.8) is 0 Å². The van der Waals surface area contributed by atoms with E-state index in [4.69, 9.17) is 0 Å². The molecular formula is C7H10BrN3O5. The van der Waals surface area contributed by atoms with Crippen LogP contribution < -0.4 is 0 Å². The molecule has 0 N–H and O–H groups in total. The highest BCUT2D eigenvalue weighted by Crippen LogP contribution is 2.16. The largest absolute Gasteiger partial charge is 0.328 e. The molecular weight excluding hydrogens is 286 g/mol. The van der Waals surface area contributed by atoms with E-state index in [0.717, 1.165) is 0 Å². The van der Waals surface area contributed by atoms with Crippen molar-refractivity contribution in [3.8, 4) is 0 Å². The van der Waals surface area contributed by atoms with Gasteiger partial charge in [-0.15, -0.1) is 0 Å². The van der Waals surface area contributed by atoms with E-state index in [1.165, 1.54) is 4.90 Å². The Kier molecular flexibility index (Phi) is 4.16. The van der Waals surface area contributed by atoms with E-state index >= 15 is 0 Å². The number of nitro groups is 2. The molecule has 2 unspecified atom stereocenters. The van der Waals surface area contributed by atoms with Crippen LogP contribution in [0.2, 0.25) is 0 Å². The zero-order chi connectivity index (χ0) is 12.3. The van der Waals surface area contributed by atoms with Crippen LogP contribution in [0.5, 0.6) is 0 Å². The number of likely N-dealkylation sites (tertiary alicyclic amines) is 1. The summed E-state index contributed by atoms with van der Waals surface area (Å²) < 4.78 is 0. The van der Waals surface area contributed by atoms with E-state index in [1.807, 2.05) is 0 Å². The lowest BCUT2D eigenvalue weighted by Crippen LogP contribution is -2.37. The maximum atomic E-state index is 11.4. The molecule has 9 heteroatoms. The highest BCUT2D eigenvalue weighted by atomic mass is 79.9. The average Bonchev–Trinajstić information content (AvgIpc) is 2.62. The van der Waals surface area contributed by atoms with Gasteiger partial charge in [-0.3, -0.25) is 25.0 Å². The minimum Gasteiger partial charge on any atom is -0.328 e. The van der Waals surface area contributed by atoms with E-state index in [1.54, 1.807) is 0 Å². The van der Waals surface area contributed by atoms with Crippen molar-refractivity contribution < 1.29 is 14.6 Å². The summed E-state index contributed by atoms with van der Waals surface area (Å²) >= 11 is 3.07. The van der Waals surface area contributed by atoms with E-state index in [-0.39, 0.29) is 25.4 Å². The maximum Gasteiger partial charge on any atom is 0.297 e. The Hall–Kier alpha value is -1.25. The topological polar surface area (TPSA) is 107 Å². The number of carbonyl (C=O) groups excluding carboxylic acids is 1. The Morgan fingerprint density at radius 2 is 1.69 bits per heavy atom. The van der Waals surface area contributed by atoms with Gasteiger partial charge >= 0.3 is 0 Å². The molecule has 1 fully saturated rings. The smallest absolute Gasteiger partial charge is 0.297 e. The van der Waals surface area contributed by atoms with Gasteiger partial charge in [0.15, 0.2) is 0 Å². The maximum absolute atomic E-state index is 11.4. The fourth-order valence-corrected chi connectivity index (χ4v) is 1.97. The van der Waals surface area contributed by atoms with E-state index < -0.39 is 21.9 Å². The molecule has 0 aliphatic carbocycles. The molecule has 8 nitrogen and oxygen atoms in total. The van der Waals surface area contributed by atoms with Gasteiger partial charge in [-0.05, 0) is 0 Å². The van der Waals surface area contributed by atoms with Crippen molar-refractivity contribution in [2.75, 3.05) is 18.4 Å².